The molecular weight excluding hydrogens is 193 g/mol. The first-order valence-corrected chi connectivity index (χ1v) is 4.74. The zero-order chi connectivity index (χ0) is 10.7. The molecule has 2 aromatic rings. The highest BCUT2D eigenvalue weighted by atomic mass is 19.1. The molecule has 0 aliphatic heterocycles. The van der Waals surface area contributed by atoms with Crippen molar-refractivity contribution >= 4 is 5.69 Å². The molecule has 0 aliphatic rings. The average molecular weight is 205 g/mol. The fourth-order valence-electron chi connectivity index (χ4n) is 1.34. The third-order valence-corrected chi connectivity index (χ3v) is 2.13. The lowest BCUT2D eigenvalue weighted by atomic mass is 10.2. The highest BCUT2D eigenvalue weighted by Crippen LogP contribution is 2.15. The number of rotatable bonds is 3. The van der Waals surface area contributed by atoms with E-state index in [9.17, 15) is 4.39 Å². The van der Waals surface area contributed by atoms with Crippen LogP contribution in [0.15, 0.2) is 30.6 Å². The first-order chi connectivity index (χ1) is 7.25. The Hall–Kier alpha value is -1.84. The van der Waals surface area contributed by atoms with Crippen LogP contribution in [0.25, 0.3) is 0 Å². The highest BCUT2D eigenvalue weighted by molar-refractivity contribution is 5.46. The predicted octanol–water partition coefficient (Wildman–Crippen LogP) is 2.47. The van der Waals surface area contributed by atoms with E-state index >= 15 is 0 Å². The number of nitrogens with one attached hydrogen (secondary N) is 2. The smallest absolute Gasteiger partial charge is 0.146 e. The molecule has 0 bridgehead atoms. The maximum absolute atomic E-state index is 13.4. The molecule has 0 aliphatic carbocycles. The van der Waals surface area contributed by atoms with Gasteiger partial charge < -0.3 is 10.3 Å². The van der Waals surface area contributed by atoms with E-state index in [4.69, 9.17) is 0 Å². The Bertz CT molecular complexity index is 437. The number of H-pyrrole nitrogens is 1. The summed E-state index contributed by atoms with van der Waals surface area (Å²) in [5.74, 6) is 0.552. The minimum Gasteiger partial charge on any atom is -0.375 e. The first-order valence-electron chi connectivity index (χ1n) is 4.74. The monoisotopic (exact) mass is 205 g/mol. The van der Waals surface area contributed by atoms with Crippen LogP contribution >= 0.6 is 0 Å². The van der Waals surface area contributed by atoms with E-state index in [1.54, 1.807) is 18.5 Å². The van der Waals surface area contributed by atoms with Gasteiger partial charge in [-0.2, -0.15) is 0 Å². The predicted molar refractivity (Wildman–Crippen MR) is 57.1 cm³/mol. The van der Waals surface area contributed by atoms with Gasteiger partial charge in [0, 0.05) is 12.4 Å². The Morgan fingerprint density at radius 2 is 2.33 bits per heavy atom. The van der Waals surface area contributed by atoms with Crippen LogP contribution in [0.4, 0.5) is 10.1 Å². The molecule has 1 aromatic carbocycles. The summed E-state index contributed by atoms with van der Waals surface area (Å²) in [5, 5.41) is 2.97. The quantitative estimate of drug-likeness (QED) is 0.808. The molecule has 4 heteroatoms. The molecule has 0 fully saturated rings. The van der Waals surface area contributed by atoms with Gasteiger partial charge in [-0.05, 0) is 24.6 Å². The van der Waals surface area contributed by atoms with Gasteiger partial charge in [-0.15, -0.1) is 0 Å². The van der Waals surface area contributed by atoms with Crippen LogP contribution in [0, 0.1) is 12.7 Å². The molecule has 78 valence electrons. The molecule has 3 nitrogen and oxygen atoms in total. The third kappa shape index (κ3) is 2.34. The van der Waals surface area contributed by atoms with E-state index in [-0.39, 0.29) is 5.82 Å². The number of hydrogen-bond acceptors (Lipinski definition) is 2. The molecule has 15 heavy (non-hydrogen) atoms. The van der Waals surface area contributed by atoms with E-state index in [0.717, 1.165) is 11.4 Å². The lowest BCUT2D eigenvalue weighted by Gasteiger charge is -2.06. The van der Waals surface area contributed by atoms with E-state index in [1.165, 1.54) is 6.07 Å². The summed E-state index contributed by atoms with van der Waals surface area (Å²) in [6.07, 6.45) is 3.41. The van der Waals surface area contributed by atoms with E-state index in [0.29, 0.717) is 12.2 Å². The van der Waals surface area contributed by atoms with Crippen LogP contribution in [0.3, 0.4) is 0 Å². The normalized spacial score (nSPS) is 10.3. The van der Waals surface area contributed by atoms with Crippen LogP contribution in [-0.2, 0) is 6.54 Å². The van der Waals surface area contributed by atoms with E-state index in [2.05, 4.69) is 15.3 Å². The summed E-state index contributed by atoms with van der Waals surface area (Å²) in [4.78, 5) is 6.98. The molecule has 0 atom stereocenters. The maximum atomic E-state index is 13.4. The van der Waals surface area contributed by atoms with Crippen molar-refractivity contribution in [1.29, 1.82) is 0 Å². The van der Waals surface area contributed by atoms with Gasteiger partial charge in [0.2, 0.25) is 0 Å². The second-order valence-electron chi connectivity index (χ2n) is 3.37. The summed E-state index contributed by atoms with van der Waals surface area (Å²) in [6, 6.07) is 5.10. The van der Waals surface area contributed by atoms with Crippen LogP contribution in [0.5, 0.6) is 0 Å². The lowest BCUT2D eigenvalue weighted by molar-refractivity contribution is 0.628. The van der Waals surface area contributed by atoms with Crippen LogP contribution < -0.4 is 5.32 Å². The van der Waals surface area contributed by atoms with Crippen LogP contribution in [0.1, 0.15) is 11.4 Å². The Kier molecular flexibility index (Phi) is 2.67. The minimum atomic E-state index is -0.235. The zero-order valence-electron chi connectivity index (χ0n) is 8.42. The van der Waals surface area contributed by atoms with Gasteiger partial charge in [-0.1, -0.05) is 6.07 Å². The summed E-state index contributed by atoms with van der Waals surface area (Å²) in [6.45, 7) is 2.35. The molecule has 0 saturated carbocycles. The van der Waals surface area contributed by atoms with Crippen LogP contribution in [0.2, 0.25) is 0 Å². The third-order valence-electron chi connectivity index (χ3n) is 2.13. The lowest BCUT2D eigenvalue weighted by Crippen LogP contribution is -2.02. The average Bonchev–Trinajstić information content (AvgIpc) is 2.69. The van der Waals surface area contributed by atoms with Gasteiger partial charge in [0.1, 0.15) is 11.6 Å². The van der Waals surface area contributed by atoms with E-state index < -0.39 is 0 Å². The van der Waals surface area contributed by atoms with Crippen molar-refractivity contribution < 1.29 is 4.39 Å². The second-order valence-corrected chi connectivity index (χ2v) is 3.37. The number of aromatic amines is 1. The second kappa shape index (κ2) is 4.13. The molecule has 0 unspecified atom stereocenters. The molecule has 1 aromatic heterocycles. The van der Waals surface area contributed by atoms with Gasteiger partial charge in [-0.25, -0.2) is 9.37 Å². The Morgan fingerprint density at radius 1 is 1.47 bits per heavy atom. The molecule has 0 saturated heterocycles. The maximum Gasteiger partial charge on any atom is 0.146 e. The largest absolute Gasteiger partial charge is 0.375 e. The molecule has 2 N–H and O–H groups in total. The van der Waals surface area contributed by atoms with Crippen molar-refractivity contribution in [3.05, 3.63) is 47.8 Å². The van der Waals surface area contributed by atoms with Crippen molar-refractivity contribution in [2.75, 3.05) is 5.32 Å². The zero-order valence-corrected chi connectivity index (χ0v) is 8.42. The number of halogens is 1. The number of aryl methyl sites for hydroxylation is 1. The topological polar surface area (TPSA) is 40.7 Å². The van der Waals surface area contributed by atoms with Gasteiger partial charge in [0.15, 0.2) is 0 Å². The Balaban J connectivity index is 2.05. The van der Waals surface area contributed by atoms with Crippen molar-refractivity contribution in [3.8, 4) is 0 Å². The summed E-state index contributed by atoms with van der Waals surface area (Å²) in [7, 11) is 0. The number of anilines is 1. The standard InChI is InChI=1S/C11H12FN3/c1-8-2-3-10(9(12)6-8)15-7-11-13-4-5-14-11/h2-6,15H,7H2,1H3,(H,13,14). The summed E-state index contributed by atoms with van der Waals surface area (Å²) in [5.41, 5.74) is 1.41. The van der Waals surface area contributed by atoms with Crippen molar-refractivity contribution in [2.45, 2.75) is 13.5 Å². The Labute approximate surface area is 87.4 Å². The molecule has 0 spiro atoms. The molecular formula is C11H12FN3. The molecule has 0 radical (unpaired) electrons. The minimum absolute atomic E-state index is 0.235. The fourth-order valence-corrected chi connectivity index (χ4v) is 1.34. The number of benzene rings is 1. The number of nitrogens with zero attached hydrogens (tertiary/aromatic N) is 1. The van der Waals surface area contributed by atoms with Crippen molar-refractivity contribution in [2.24, 2.45) is 0 Å². The highest BCUT2D eigenvalue weighted by Gasteiger charge is 2.01. The molecule has 1 heterocycles. The molecule has 2 rings (SSSR count). The molecule has 0 amide bonds. The SMILES string of the molecule is Cc1ccc(NCc2ncc[nH]2)c(F)c1. The number of hydrogen-bond donors (Lipinski definition) is 2. The summed E-state index contributed by atoms with van der Waals surface area (Å²) < 4.78 is 13.4. The first kappa shape index (κ1) is 9.71. The van der Waals surface area contributed by atoms with Gasteiger partial charge in [0.05, 0.1) is 12.2 Å². The number of aromatic nitrogens is 2. The van der Waals surface area contributed by atoms with Crippen LogP contribution in [-0.4, -0.2) is 9.97 Å². The van der Waals surface area contributed by atoms with E-state index in [1.807, 2.05) is 13.0 Å². The van der Waals surface area contributed by atoms with Gasteiger partial charge in [0.25, 0.3) is 0 Å². The fraction of sp³-hybridized carbons (Fsp3) is 0.182. The summed E-state index contributed by atoms with van der Waals surface area (Å²) >= 11 is 0. The number of imidazole rings is 1. The Morgan fingerprint density at radius 3 is 3.00 bits per heavy atom. The van der Waals surface area contributed by atoms with Crippen molar-refractivity contribution in [1.82, 2.24) is 9.97 Å². The van der Waals surface area contributed by atoms with Gasteiger partial charge in [-0.3, -0.25) is 0 Å². The van der Waals surface area contributed by atoms with Gasteiger partial charge >= 0.3 is 0 Å². The van der Waals surface area contributed by atoms with Crippen molar-refractivity contribution in [3.63, 3.8) is 0 Å².